The third-order valence-corrected chi connectivity index (χ3v) is 4.84. The molecule has 3 rings (SSSR count). The number of ether oxygens (including phenoxy) is 2. The Labute approximate surface area is 150 Å². The van der Waals surface area contributed by atoms with Crippen LogP contribution in [0, 0.1) is 6.92 Å². The van der Waals surface area contributed by atoms with Crippen molar-refractivity contribution in [3.63, 3.8) is 0 Å². The molecule has 1 aromatic rings. The molecule has 0 fully saturated rings. The molecule has 0 radical (unpaired) electrons. The molecule has 0 aliphatic carbocycles. The number of nitrogens with zero attached hydrogens (tertiary/aromatic N) is 1. The highest BCUT2D eigenvalue weighted by atomic mass is 32.2. The second-order valence-electron chi connectivity index (χ2n) is 5.78. The molecule has 138 valence electrons. The van der Waals surface area contributed by atoms with Gasteiger partial charge in [-0.1, -0.05) is 0 Å². The number of carbonyl (C=O) groups excluding carboxylic acids is 2. The Morgan fingerprint density at radius 3 is 2.42 bits per heavy atom. The molecule has 26 heavy (non-hydrogen) atoms. The third kappa shape index (κ3) is 3.69. The highest BCUT2D eigenvalue weighted by Crippen LogP contribution is 2.43. The van der Waals surface area contributed by atoms with Gasteiger partial charge in [0.25, 0.3) is 0 Å². The van der Waals surface area contributed by atoms with E-state index in [2.05, 4.69) is 15.6 Å². The SMILES string of the molecule is Cc1cc(NCC2=NCCN2)c(S(C)(=O)=O)c2c1OC(=O)/C=C/C(=O)O2. The molecular formula is C16H17N3O6S. The van der Waals surface area contributed by atoms with E-state index in [9.17, 15) is 18.0 Å². The zero-order chi connectivity index (χ0) is 18.9. The second kappa shape index (κ2) is 6.79. The van der Waals surface area contributed by atoms with Gasteiger partial charge < -0.3 is 20.1 Å². The Morgan fingerprint density at radius 1 is 1.19 bits per heavy atom. The van der Waals surface area contributed by atoms with Gasteiger partial charge in [-0.15, -0.1) is 0 Å². The van der Waals surface area contributed by atoms with Crippen molar-refractivity contribution in [3.8, 4) is 11.5 Å². The summed E-state index contributed by atoms with van der Waals surface area (Å²) in [6.07, 6.45) is 2.78. The number of hydrogen-bond donors (Lipinski definition) is 2. The maximum absolute atomic E-state index is 12.4. The first-order valence-corrected chi connectivity index (χ1v) is 9.65. The fourth-order valence-corrected chi connectivity index (χ4v) is 3.62. The number of esters is 2. The van der Waals surface area contributed by atoms with E-state index in [1.165, 1.54) is 6.07 Å². The molecule has 0 spiro atoms. The Kier molecular flexibility index (Phi) is 4.68. The monoisotopic (exact) mass is 379 g/mol. The third-order valence-electron chi connectivity index (χ3n) is 3.70. The molecule has 9 nitrogen and oxygen atoms in total. The van der Waals surface area contributed by atoms with Crippen molar-refractivity contribution in [3.05, 3.63) is 23.8 Å². The number of aryl methyl sites for hydroxylation is 1. The van der Waals surface area contributed by atoms with E-state index in [0.29, 0.717) is 17.9 Å². The van der Waals surface area contributed by atoms with E-state index >= 15 is 0 Å². The van der Waals surface area contributed by atoms with Gasteiger partial charge in [-0.2, -0.15) is 0 Å². The van der Waals surface area contributed by atoms with Crippen LogP contribution >= 0.6 is 0 Å². The van der Waals surface area contributed by atoms with E-state index in [0.717, 1.165) is 25.0 Å². The Hall–Kier alpha value is -2.88. The lowest BCUT2D eigenvalue weighted by Crippen LogP contribution is -2.27. The first-order valence-electron chi connectivity index (χ1n) is 7.76. The van der Waals surface area contributed by atoms with Crippen LogP contribution in [-0.4, -0.2) is 52.1 Å². The van der Waals surface area contributed by atoms with Crippen LogP contribution < -0.4 is 20.1 Å². The molecule has 0 amide bonds. The quantitative estimate of drug-likeness (QED) is 0.561. The minimum atomic E-state index is -3.82. The molecule has 2 aliphatic heterocycles. The highest BCUT2D eigenvalue weighted by molar-refractivity contribution is 7.91. The van der Waals surface area contributed by atoms with Crippen molar-refractivity contribution < 1.29 is 27.5 Å². The first-order chi connectivity index (χ1) is 12.3. The molecular weight excluding hydrogens is 362 g/mol. The van der Waals surface area contributed by atoms with Crippen molar-refractivity contribution in [1.29, 1.82) is 0 Å². The highest BCUT2D eigenvalue weighted by Gasteiger charge is 2.29. The summed E-state index contributed by atoms with van der Waals surface area (Å²) in [7, 11) is -3.82. The summed E-state index contributed by atoms with van der Waals surface area (Å²) in [6.45, 7) is 3.26. The number of fused-ring (bicyclic) bond motifs is 1. The minimum Gasteiger partial charge on any atom is -0.419 e. The first kappa shape index (κ1) is 17.9. The Balaban J connectivity index is 2.12. The summed E-state index contributed by atoms with van der Waals surface area (Å²) in [5, 5.41) is 6.06. The number of aliphatic imine (C=N–C) groups is 1. The lowest BCUT2D eigenvalue weighted by molar-refractivity contribution is -0.133. The Bertz CT molecular complexity index is 949. The molecule has 0 saturated carbocycles. The van der Waals surface area contributed by atoms with Gasteiger partial charge in [0.1, 0.15) is 10.7 Å². The topological polar surface area (TPSA) is 123 Å². The lowest BCUT2D eigenvalue weighted by atomic mass is 10.1. The van der Waals surface area contributed by atoms with Crippen LogP contribution in [-0.2, 0) is 19.4 Å². The van der Waals surface area contributed by atoms with Gasteiger partial charge in [0.05, 0.1) is 18.8 Å². The van der Waals surface area contributed by atoms with E-state index in [1.807, 2.05) is 0 Å². The molecule has 2 aliphatic rings. The average Bonchev–Trinajstić information content (AvgIpc) is 3.05. The average molecular weight is 379 g/mol. The van der Waals surface area contributed by atoms with E-state index in [-0.39, 0.29) is 28.6 Å². The minimum absolute atomic E-state index is 0.102. The zero-order valence-electron chi connectivity index (χ0n) is 14.2. The predicted molar refractivity (Wildman–Crippen MR) is 93.5 cm³/mol. The number of rotatable bonds is 4. The summed E-state index contributed by atoms with van der Waals surface area (Å²) in [6, 6.07) is 1.52. The van der Waals surface area contributed by atoms with Gasteiger partial charge in [-0.25, -0.2) is 18.0 Å². The number of benzene rings is 1. The molecule has 2 N–H and O–H groups in total. The second-order valence-corrected chi connectivity index (χ2v) is 7.74. The van der Waals surface area contributed by atoms with Gasteiger partial charge in [0.2, 0.25) is 0 Å². The van der Waals surface area contributed by atoms with Crippen molar-refractivity contribution >= 4 is 33.3 Å². The van der Waals surface area contributed by atoms with Crippen LogP contribution in [0.2, 0.25) is 0 Å². The molecule has 0 aromatic heterocycles. The molecule has 0 bridgehead atoms. The molecule has 2 heterocycles. The largest absolute Gasteiger partial charge is 0.419 e. The van der Waals surface area contributed by atoms with Crippen molar-refractivity contribution in [1.82, 2.24) is 5.32 Å². The van der Waals surface area contributed by atoms with E-state index in [4.69, 9.17) is 9.47 Å². The van der Waals surface area contributed by atoms with Crippen LogP contribution in [0.15, 0.2) is 28.1 Å². The number of nitrogens with one attached hydrogen (secondary N) is 2. The normalized spacial score (nSPS) is 17.8. The summed E-state index contributed by atoms with van der Waals surface area (Å²) in [5.41, 5.74) is 0.668. The number of sulfone groups is 1. The smallest absolute Gasteiger partial charge is 0.336 e. The van der Waals surface area contributed by atoms with Gasteiger partial charge in [0.15, 0.2) is 21.3 Å². The summed E-state index contributed by atoms with van der Waals surface area (Å²) in [4.78, 5) is 27.6. The molecule has 1 aromatic carbocycles. The summed E-state index contributed by atoms with van der Waals surface area (Å²) < 4.78 is 35.1. The molecule has 10 heteroatoms. The molecule has 0 saturated heterocycles. The Morgan fingerprint density at radius 2 is 1.85 bits per heavy atom. The van der Waals surface area contributed by atoms with Gasteiger partial charge in [0, 0.05) is 25.0 Å². The molecule has 0 atom stereocenters. The van der Waals surface area contributed by atoms with Crippen molar-refractivity contribution in [2.45, 2.75) is 11.8 Å². The number of anilines is 1. The standard InChI is InChI=1S/C16H17N3O6S/c1-9-7-10(19-8-11-17-5-6-18-11)16(26(2,22)23)15-14(9)24-12(20)3-4-13(21)25-15/h3-4,7,19H,5-6,8H2,1-2H3,(H,17,18)/b4-3+. The predicted octanol–water partition coefficient (Wildman–Crippen LogP) is 0.193. The van der Waals surface area contributed by atoms with Gasteiger partial charge in [-0.3, -0.25) is 4.99 Å². The van der Waals surface area contributed by atoms with Crippen LogP contribution in [0.4, 0.5) is 5.69 Å². The number of amidine groups is 1. The fourth-order valence-electron chi connectivity index (χ4n) is 2.62. The van der Waals surface area contributed by atoms with E-state index in [1.54, 1.807) is 6.92 Å². The summed E-state index contributed by atoms with van der Waals surface area (Å²) in [5.74, 6) is -1.38. The lowest BCUT2D eigenvalue weighted by Gasteiger charge is -2.20. The molecule has 0 unspecified atom stereocenters. The van der Waals surface area contributed by atoms with Crippen LogP contribution in [0.3, 0.4) is 0 Å². The zero-order valence-corrected chi connectivity index (χ0v) is 15.0. The van der Waals surface area contributed by atoms with Crippen LogP contribution in [0.25, 0.3) is 0 Å². The van der Waals surface area contributed by atoms with Crippen LogP contribution in [0.5, 0.6) is 11.5 Å². The van der Waals surface area contributed by atoms with Crippen molar-refractivity contribution in [2.24, 2.45) is 4.99 Å². The maximum Gasteiger partial charge on any atom is 0.336 e. The number of hydrogen-bond acceptors (Lipinski definition) is 9. The fraction of sp³-hybridized carbons (Fsp3) is 0.312. The van der Waals surface area contributed by atoms with Gasteiger partial charge >= 0.3 is 11.9 Å². The van der Waals surface area contributed by atoms with Crippen LogP contribution in [0.1, 0.15) is 5.56 Å². The van der Waals surface area contributed by atoms with Gasteiger partial charge in [-0.05, 0) is 18.6 Å². The van der Waals surface area contributed by atoms with E-state index < -0.39 is 21.8 Å². The number of carbonyl (C=O) groups is 2. The summed E-state index contributed by atoms with van der Waals surface area (Å²) >= 11 is 0. The maximum atomic E-state index is 12.4. The van der Waals surface area contributed by atoms with Crippen molar-refractivity contribution in [2.75, 3.05) is 31.2 Å².